The Labute approximate surface area is 126 Å². The molecule has 0 saturated heterocycles. The van der Waals surface area contributed by atoms with Gasteiger partial charge in [0.2, 0.25) is 0 Å². The zero-order valence-corrected chi connectivity index (χ0v) is 13.5. The minimum absolute atomic E-state index is 0.526. The van der Waals surface area contributed by atoms with E-state index in [0.717, 1.165) is 43.1 Å². The number of methoxy groups -OCH3 is 2. The van der Waals surface area contributed by atoms with Gasteiger partial charge >= 0.3 is 0 Å². The van der Waals surface area contributed by atoms with E-state index in [0.29, 0.717) is 18.4 Å². The van der Waals surface area contributed by atoms with Gasteiger partial charge in [0.15, 0.2) is 0 Å². The van der Waals surface area contributed by atoms with Gasteiger partial charge in [-0.1, -0.05) is 18.5 Å². The molecule has 0 aromatic carbocycles. The molecular formula is C14H24ClN3O2. The van der Waals surface area contributed by atoms with E-state index in [9.17, 15) is 0 Å². The predicted octanol–water partition coefficient (Wildman–Crippen LogP) is 2.49. The van der Waals surface area contributed by atoms with Crippen molar-refractivity contribution in [1.82, 2.24) is 9.97 Å². The van der Waals surface area contributed by atoms with Gasteiger partial charge in [-0.15, -0.1) is 0 Å². The van der Waals surface area contributed by atoms with E-state index >= 15 is 0 Å². The molecule has 1 rings (SSSR count). The summed E-state index contributed by atoms with van der Waals surface area (Å²) in [6.07, 6.45) is 1.82. The number of hydrogen-bond acceptors (Lipinski definition) is 5. The number of aromatic nitrogens is 2. The summed E-state index contributed by atoms with van der Waals surface area (Å²) in [5.41, 5.74) is 0.902. The molecule has 5 nitrogen and oxygen atoms in total. The van der Waals surface area contributed by atoms with Gasteiger partial charge in [0, 0.05) is 39.3 Å². The SMILES string of the molecule is CCCc1nc(Cl)c(C)c(N(CCOC)CCOC)n1. The molecule has 0 aliphatic heterocycles. The third kappa shape index (κ3) is 4.89. The second-order valence-electron chi connectivity index (χ2n) is 4.60. The van der Waals surface area contributed by atoms with Gasteiger partial charge in [-0.3, -0.25) is 0 Å². The van der Waals surface area contributed by atoms with Gasteiger partial charge in [0.25, 0.3) is 0 Å². The standard InChI is InChI=1S/C14H24ClN3O2/c1-5-6-12-16-13(15)11(2)14(17-12)18(7-9-19-3)8-10-20-4/h5-10H2,1-4H3. The van der Waals surface area contributed by atoms with E-state index in [1.807, 2.05) is 6.92 Å². The molecule has 0 N–H and O–H groups in total. The highest BCUT2D eigenvalue weighted by Crippen LogP contribution is 2.23. The normalized spacial score (nSPS) is 10.8. The summed E-state index contributed by atoms with van der Waals surface area (Å²) >= 11 is 6.23. The maximum absolute atomic E-state index is 6.23. The van der Waals surface area contributed by atoms with Crippen molar-refractivity contribution >= 4 is 17.4 Å². The lowest BCUT2D eigenvalue weighted by molar-refractivity contribution is 0.190. The van der Waals surface area contributed by atoms with Gasteiger partial charge in [-0.05, 0) is 13.3 Å². The lowest BCUT2D eigenvalue weighted by Crippen LogP contribution is -2.32. The van der Waals surface area contributed by atoms with Crippen LogP contribution in [0.25, 0.3) is 0 Å². The van der Waals surface area contributed by atoms with Crippen LogP contribution in [0.15, 0.2) is 0 Å². The number of halogens is 1. The highest BCUT2D eigenvalue weighted by Gasteiger charge is 2.15. The van der Waals surface area contributed by atoms with Crippen molar-refractivity contribution in [2.45, 2.75) is 26.7 Å². The van der Waals surface area contributed by atoms with E-state index in [1.165, 1.54) is 0 Å². The summed E-state index contributed by atoms with van der Waals surface area (Å²) in [6, 6.07) is 0. The fraction of sp³-hybridized carbons (Fsp3) is 0.714. The maximum atomic E-state index is 6.23. The monoisotopic (exact) mass is 301 g/mol. The summed E-state index contributed by atoms with van der Waals surface area (Å²) in [7, 11) is 3.38. The van der Waals surface area contributed by atoms with Crippen LogP contribution in [0.4, 0.5) is 5.82 Å². The first-order valence-electron chi connectivity index (χ1n) is 6.89. The van der Waals surface area contributed by atoms with Gasteiger partial charge in [-0.2, -0.15) is 0 Å². The Morgan fingerprint density at radius 2 is 1.70 bits per heavy atom. The Hall–Kier alpha value is -0.910. The second-order valence-corrected chi connectivity index (χ2v) is 4.96. The van der Waals surface area contributed by atoms with Gasteiger partial charge in [0.1, 0.15) is 16.8 Å². The third-order valence-corrected chi connectivity index (χ3v) is 3.38. The number of nitrogens with zero attached hydrogens (tertiary/aromatic N) is 3. The van der Waals surface area contributed by atoms with Crippen molar-refractivity contribution in [2.75, 3.05) is 45.4 Å². The zero-order chi connectivity index (χ0) is 15.0. The van der Waals surface area contributed by atoms with Crippen molar-refractivity contribution in [2.24, 2.45) is 0 Å². The molecule has 0 aliphatic carbocycles. The number of aryl methyl sites for hydroxylation is 1. The number of hydrogen-bond donors (Lipinski definition) is 0. The Bertz CT molecular complexity index is 408. The van der Waals surface area contributed by atoms with E-state index in [-0.39, 0.29) is 0 Å². The molecule has 1 aromatic rings. The van der Waals surface area contributed by atoms with Crippen LogP contribution < -0.4 is 4.90 Å². The number of ether oxygens (including phenoxy) is 2. The molecule has 0 saturated carbocycles. The van der Waals surface area contributed by atoms with Crippen LogP contribution in [0.3, 0.4) is 0 Å². The molecule has 1 heterocycles. The summed E-state index contributed by atoms with van der Waals surface area (Å²) in [5.74, 6) is 1.67. The minimum atomic E-state index is 0.526. The molecule has 0 radical (unpaired) electrons. The molecule has 20 heavy (non-hydrogen) atoms. The van der Waals surface area contributed by atoms with Gasteiger partial charge < -0.3 is 14.4 Å². The van der Waals surface area contributed by atoms with Crippen LogP contribution in [-0.4, -0.2) is 50.5 Å². The quantitative estimate of drug-likeness (QED) is 0.656. The van der Waals surface area contributed by atoms with E-state index in [1.54, 1.807) is 14.2 Å². The molecule has 0 bridgehead atoms. The van der Waals surface area contributed by atoms with Crippen molar-refractivity contribution in [1.29, 1.82) is 0 Å². The average Bonchev–Trinajstić information content (AvgIpc) is 2.43. The lowest BCUT2D eigenvalue weighted by Gasteiger charge is -2.25. The fourth-order valence-electron chi connectivity index (χ4n) is 1.89. The third-order valence-electron chi connectivity index (χ3n) is 3.01. The average molecular weight is 302 g/mol. The second kappa shape index (κ2) is 9.10. The molecule has 0 unspecified atom stereocenters. The Kier molecular flexibility index (Phi) is 7.80. The highest BCUT2D eigenvalue weighted by molar-refractivity contribution is 6.30. The Morgan fingerprint density at radius 3 is 2.20 bits per heavy atom. The molecule has 0 amide bonds. The lowest BCUT2D eigenvalue weighted by atomic mass is 10.2. The van der Waals surface area contributed by atoms with Crippen LogP contribution in [0.2, 0.25) is 5.15 Å². The molecule has 114 valence electrons. The van der Waals surface area contributed by atoms with Crippen LogP contribution in [0.5, 0.6) is 0 Å². The van der Waals surface area contributed by atoms with Crippen LogP contribution in [0, 0.1) is 6.92 Å². The fourth-order valence-corrected chi connectivity index (χ4v) is 2.07. The van der Waals surface area contributed by atoms with Crippen LogP contribution >= 0.6 is 11.6 Å². The maximum Gasteiger partial charge on any atom is 0.137 e. The first-order valence-corrected chi connectivity index (χ1v) is 7.27. The molecule has 0 spiro atoms. The summed E-state index contributed by atoms with van der Waals surface area (Å²) in [6.45, 7) is 6.81. The van der Waals surface area contributed by atoms with Gasteiger partial charge in [-0.25, -0.2) is 9.97 Å². The summed E-state index contributed by atoms with van der Waals surface area (Å²) in [4.78, 5) is 11.1. The first kappa shape index (κ1) is 17.1. The summed E-state index contributed by atoms with van der Waals surface area (Å²) in [5, 5.41) is 0.526. The smallest absolute Gasteiger partial charge is 0.137 e. The molecule has 1 aromatic heterocycles. The van der Waals surface area contributed by atoms with Crippen LogP contribution in [-0.2, 0) is 15.9 Å². The van der Waals surface area contributed by atoms with E-state index in [2.05, 4.69) is 21.8 Å². The van der Waals surface area contributed by atoms with E-state index < -0.39 is 0 Å². The molecule has 6 heteroatoms. The number of rotatable bonds is 9. The Morgan fingerprint density at radius 1 is 1.10 bits per heavy atom. The molecule has 0 aliphatic rings. The highest BCUT2D eigenvalue weighted by atomic mass is 35.5. The minimum Gasteiger partial charge on any atom is -0.383 e. The van der Waals surface area contributed by atoms with Gasteiger partial charge in [0.05, 0.1) is 13.2 Å². The van der Waals surface area contributed by atoms with Crippen molar-refractivity contribution < 1.29 is 9.47 Å². The predicted molar refractivity (Wildman–Crippen MR) is 81.7 cm³/mol. The number of anilines is 1. The largest absolute Gasteiger partial charge is 0.383 e. The van der Waals surface area contributed by atoms with Crippen LogP contribution in [0.1, 0.15) is 24.7 Å². The molecule has 0 fully saturated rings. The first-order chi connectivity index (χ1) is 9.63. The zero-order valence-electron chi connectivity index (χ0n) is 12.8. The Balaban J connectivity index is 3.02. The topological polar surface area (TPSA) is 47.5 Å². The van der Waals surface area contributed by atoms with Crippen molar-refractivity contribution in [3.8, 4) is 0 Å². The molecular weight excluding hydrogens is 278 g/mol. The van der Waals surface area contributed by atoms with Crippen molar-refractivity contribution in [3.05, 3.63) is 16.5 Å². The molecule has 0 atom stereocenters. The van der Waals surface area contributed by atoms with E-state index in [4.69, 9.17) is 21.1 Å². The summed E-state index contributed by atoms with van der Waals surface area (Å²) < 4.78 is 10.3. The van der Waals surface area contributed by atoms with Crippen molar-refractivity contribution in [3.63, 3.8) is 0 Å².